The molecule has 0 spiro atoms. The lowest BCUT2D eigenvalue weighted by Gasteiger charge is -2.37. The molecule has 0 radical (unpaired) electrons. The SMILES string of the molecule is CCOP(=O)(CC(OOC(C)(C)C)(c1ccc(F)cc1)c1ccc(F)cc1)OCC. The average Bonchev–Trinajstić information content (AvgIpc) is 2.66. The third kappa shape index (κ3) is 6.43. The summed E-state index contributed by atoms with van der Waals surface area (Å²) in [4.78, 5) is 11.6. The molecule has 2 rings (SSSR count). The number of rotatable bonds is 10. The Morgan fingerprint density at radius 1 is 0.767 bits per heavy atom. The van der Waals surface area contributed by atoms with E-state index in [-0.39, 0.29) is 19.4 Å². The topological polar surface area (TPSA) is 54.0 Å². The molecule has 0 aliphatic rings. The van der Waals surface area contributed by atoms with Gasteiger partial charge in [-0.3, -0.25) is 4.57 Å². The van der Waals surface area contributed by atoms with E-state index in [0.29, 0.717) is 11.1 Å². The Morgan fingerprint density at radius 3 is 1.50 bits per heavy atom. The molecule has 166 valence electrons. The number of hydrogen-bond donors (Lipinski definition) is 0. The molecule has 0 aliphatic heterocycles. The van der Waals surface area contributed by atoms with E-state index in [2.05, 4.69) is 0 Å². The summed E-state index contributed by atoms with van der Waals surface area (Å²) in [5, 5.41) is 0. The lowest BCUT2D eigenvalue weighted by molar-refractivity contribution is -0.395. The largest absolute Gasteiger partial charge is 0.334 e. The van der Waals surface area contributed by atoms with Crippen LogP contribution in [0.2, 0.25) is 0 Å². The van der Waals surface area contributed by atoms with Gasteiger partial charge in [-0.15, -0.1) is 0 Å². The van der Waals surface area contributed by atoms with Gasteiger partial charge in [-0.05, 0) is 70.0 Å². The zero-order chi connectivity index (χ0) is 22.4. The van der Waals surface area contributed by atoms with Crippen molar-refractivity contribution in [2.75, 3.05) is 19.4 Å². The maximum Gasteiger partial charge on any atom is 0.334 e. The first-order chi connectivity index (χ1) is 14.0. The van der Waals surface area contributed by atoms with Gasteiger partial charge in [-0.2, -0.15) is 0 Å². The van der Waals surface area contributed by atoms with Crippen LogP contribution in [0, 0.1) is 11.6 Å². The van der Waals surface area contributed by atoms with Gasteiger partial charge >= 0.3 is 7.60 Å². The van der Waals surface area contributed by atoms with Crippen molar-refractivity contribution >= 4 is 7.60 Å². The molecule has 0 saturated carbocycles. The third-order valence-electron chi connectivity index (χ3n) is 4.12. The van der Waals surface area contributed by atoms with Crippen LogP contribution in [0.25, 0.3) is 0 Å². The first-order valence-corrected chi connectivity index (χ1v) is 11.5. The molecule has 5 nitrogen and oxygen atoms in total. The van der Waals surface area contributed by atoms with Crippen LogP contribution in [0.1, 0.15) is 45.7 Å². The van der Waals surface area contributed by atoms with E-state index in [1.165, 1.54) is 48.5 Å². The molecular weight excluding hydrogens is 413 g/mol. The fourth-order valence-corrected chi connectivity index (χ4v) is 4.91. The number of benzene rings is 2. The van der Waals surface area contributed by atoms with Gasteiger partial charge < -0.3 is 9.05 Å². The van der Waals surface area contributed by atoms with Gasteiger partial charge in [0.15, 0.2) is 5.60 Å². The summed E-state index contributed by atoms with van der Waals surface area (Å²) in [7, 11) is -3.67. The van der Waals surface area contributed by atoms with Crippen LogP contribution >= 0.6 is 7.60 Å². The Kier molecular flexibility index (Phi) is 8.31. The number of hydrogen-bond acceptors (Lipinski definition) is 5. The molecule has 0 N–H and O–H groups in total. The van der Waals surface area contributed by atoms with Crippen molar-refractivity contribution in [2.24, 2.45) is 0 Å². The minimum absolute atomic E-state index is 0.153. The minimum atomic E-state index is -3.67. The molecule has 0 atom stereocenters. The molecule has 0 saturated heterocycles. The fourth-order valence-electron chi connectivity index (χ4n) is 2.90. The highest BCUT2D eigenvalue weighted by Gasteiger charge is 2.46. The Bertz CT molecular complexity index is 792. The Balaban J connectivity index is 2.70. The van der Waals surface area contributed by atoms with Crippen LogP contribution in [-0.4, -0.2) is 25.0 Å². The summed E-state index contributed by atoms with van der Waals surface area (Å²) in [5.41, 5.74) is -1.31. The maximum atomic E-state index is 13.7. The molecule has 2 aromatic rings. The standard InChI is InChI=1S/C22H29F2O5P/c1-6-26-30(25,27-7-2)16-22(29-28-21(3,4)5,17-8-12-19(23)13-9-17)18-10-14-20(24)15-11-18/h8-15H,6-7,16H2,1-5H3. The monoisotopic (exact) mass is 442 g/mol. The molecular formula is C22H29F2O5P. The zero-order valence-corrected chi connectivity index (χ0v) is 18.9. The van der Waals surface area contributed by atoms with Crippen LogP contribution < -0.4 is 0 Å². The predicted octanol–water partition coefficient (Wildman–Crippen LogP) is 6.22. The highest BCUT2D eigenvalue weighted by molar-refractivity contribution is 7.53. The maximum absolute atomic E-state index is 13.7. The van der Waals surface area contributed by atoms with Crippen molar-refractivity contribution in [3.63, 3.8) is 0 Å². The van der Waals surface area contributed by atoms with Crippen molar-refractivity contribution < 1.29 is 32.2 Å². The highest BCUT2D eigenvalue weighted by Crippen LogP contribution is 2.55. The van der Waals surface area contributed by atoms with E-state index in [1.54, 1.807) is 34.6 Å². The van der Waals surface area contributed by atoms with Crippen molar-refractivity contribution in [1.82, 2.24) is 0 Å². The summed E-state index contributed by atoms with van der Waals surface area (Å²) >= 11 is 0. The summed E-state index contributed by atoms with van der Waals surface area (Å²) < 4.78 is 51.8. The Morgan fingerprint density at radius 2 is 1.17 bits per heavy atom. The molecule has 8 heteroatoms. The molecule has 2 aromatic carbocycles. The first kappa shape index (κ1) is 24.6. The summed E-state index contributed by atoms with van der Waals surface area (Å²) in [6.45, 7) is 9.08. The second-order valence-electron chi connectivity index (χ2n) is 7.72. The van der Waals surface area contributed by atoms with Crippen LogP contribution in [-0.2, 0) is 29.0 Å². The summed E-state index contributed by atoms with van der Waals surface area (Å²) in [6, 6.07) is 11.1. The van der Waals surface area contributed by atoms with Crippen LogP contribution in [0.4, 0.5) is 8.78 Å². The molecule has 0 aliphatic carbocycles. The molecule has 0 amide bonds. The van der Waals surface area contributed by atoms with Crippen molar-refractivity contribution in [1.29, 1.82) is 0 Å². The van der Waals surface area contributed by atoms with Gasteiger partial charge in [0.2, 0.25) is 0 Å². The third-order valence-corrected chi connectivity index (χ3v) is 6.26. The molecule has 0 fully saturated rings. The Hall–Kier alpha value is -1.63. The van der Waals surface area contributed by atoms with Crippen molar-refractivity contribution in [3.05, 3.63) is 71.3 Å². The van der Waals surface area contributed by atoms with Gasteiger partial charge in [-0.25, -0.2) is 18.6 Å². The second kappa shape index (κ2) is 10.1. The Labute approximate surface area is 176 Å². The van der Waals surface area contributed by atoms with Gasteiger partial charge in [0.05, 0.1) is 25.0 Å². The van der Waals surface area contributed by atoms with E-state index in [4.69, 9.17) is 18.8 Å². The van der Waals surface area contributed by atoms with E-state index in [1.807, 2.05) is 0 Å². The van der Waals surface area contributed by atoms with E-state index < -0.39 is 30.4 Å². The predicted molar refractivity (Wildman–Crippen MR) is 111 cm³/mol. The highest BCUT2D eigenvalue weighted by atomic mass is 31.2. The summed E-state index contributed by atoms with van der Waals surface area (Å²) in [6.07, 6.45) is -0.255. The van der Waals surface area contributed by atoms with Gasteiger partial charge in [-0.1, -0.05) is 24.3 Å². The van der Waals surface area contributed by atoms with Gasteiger partial charge in [0.25, 0.3) is 0 Å². The van der Waals surface area contributed by atoms with E-state index in [9.17, 15) is 13.3 Å². The molecule has 0 unspecified atom stereocenters. The average molecular weight is 442 g/mol. The lowest BCUT2D eigenvalue weighted by atomic mass is 9.88. The van der Waals surface area contributed by atoms with Crippen LogP contribution in [0.15, 0.2) is 48.5 Å². The first-order valence-electron chi connectivity index (χ1n) is 9.80. The molecule has 0 aromatic heterocycles. The van der Waals surface area contributed by atoms with Crippen molar-refractivity contribution in [2.45, 2.75) is 45.8 Å². The molecule has 0 heterocycles. The molecule has 30 heavy (non-hydrogen) atoms. The smallest absolute Gasteiger partial charge is 0.309 e. The van der Waals surface area contributed by atoms with Gasteiger partial charge in [0.1, 0.15) is 11.6 Å². The fraction of sp³-hybridized carbons (Fsp3) is 0.455. The minimum Gasteiger partial charge on any atom is -0.309 e. The normalized spacial score (nSPS) is 12.9. The zero-order valence-electron chi connectivity index (χ0n) is 18.0. The van der Waals surface area contributed by atoms with E-state index >= 15 is 0 Å². The van der Waals surface area contributed by atoms with Crippen LogP contribution in [0.5, 0.6) is 0 Å². The summed E-state index contributed by atoms with van der Waals surface area (Å²) in [5.74, 6) is -0.886. The van der Waals surface area contributed by atoms with Gasteiger partial charge in [0, 0.05) is 0 Å². The van der Waals surface area contributed by atoms with Crippen LogP contribution in [0.3, 0.4) is 0 Å². The quantitative estimate of drug-likeness (QED) is 0.248. The molecule has 0 bridgehead atoms. The lowest BCUT2D eigenvalue weighted by Crippen LogP contribution is -2.39. The van der Waals surface area contributed by atoms with Crippen molar-refractivity contribution in [3.8, 4) is 0 Å². The number of halogens is 2. The van der Waals surface area contributed by atoms with E-state index in [0.717, 1.165) is 0 Å². The second-order valence-corrected chi connectivity index (χ2v) is 9.78.